The summed E-state index contributed by atoms with van der Waals surface area (Å²) in [6.07, 6.45) is 4.22. The van der Waals surface area contributed by atoms with Crippen LogP contribution in [-0.2, 0) is 26.6 Å². The standard InChI is InChI=1S/C18H18N8/c1-24-17-14(10-21-24)18(20-12-19-17)25-7-8-26-15(22-23-16(26)11-25)9-13-5-3-2-4-6-13/h2-6,10,12H,7-9,11H2,1H3. The van der Waals surface area contributed by atoms with Crippen LogP contribution in [-0.4, -0.2) is 41.1 Å². The zero-order valence-electron chi connectivity index (χ0n) is 14.4. The third kappa shape index (κ3) is 2.42. The lowest BCUT2D eigenvalue weighted by molar-refractivity contribution is 0.544. The number of rotatable bonds is 3. The molecule has 1 aliphatic heterocycles. The molecule has 1 aliphatic rings. The van der Waals surface area contributed by atoms with E-state index in [4.69, 9.17) is 0 Å². The predicted octanol–water partition coefficient (Wildman–Crippen LogP) is 1.57. The fourth-order valence-electron chi connectivity index (χ4n) is 3.51. The van der Waals surface area contributed by atoms with E-state index < -0.39 is 0 Å². The van der Waals surface area contributed by atoms with Gasteiger partial charge in [0.1, 0.15) is 18.0 Å². The highest BCUT2D eigenvalue weighted by Gasteiger charge is 2.24. The number of benzene rings is 1. The van der Waals surface area contributed by atoms with Gasteiger partial charge in [0, 0.05) is 26.6 Å². The van der Waals surface area contributed by atoms with Crippen LogP contribution in [0.1, 0.15) is 17.2 Å². The smallest absolute Gasteiger partial charge is 0.163 e. The summed E-state index contributed by atoms with van der Waals surface area (Å²) in [6.45, 7) is 2.38. The Bertz CT molecular complexity index is 1070. The maximum absolute atomic E-state index is 4.50. The first-order valence-electron chi connectivity index (χ1n) is 8.62. The molecule has 0 spiro atoms. The summed E-state index contributed by atoms with van der Waals surface area (Å²) in [5.41, 5.74) is 2.09. The van der Waals surface area contributed by atoms with Crippen molar-refractivity contribution in [3.8, 4) is 0 Å². The Labute approximate surface area is 150 Å². The SMILES string of the molecule is Cn1ncc2c(N3CCn4c(Cc5ccccc5)nnc4C3)ncnc21. The lowest BCUT2D eigenvalue weighted by atomic mass is 10.1. The first kappa shape index (κ1) is 15.0. The molecule has 0 unspecified atom stereocenters. The monoisotopic (exact) mass is 346 g/mol. The van der Waals surface area contributed by atoms with Gasteiger partial charge in [0.15, 0.2) is 11.5 Å². The summed E-state index contributed by atoms with van der Waals surface area (Å²) in [5.74, 6) is 2.89. The van der Waals surface area contributed by atoms with Crippen molar-refractivity contribution in [2.75, 3.05) is 11.4 Å². The van der Waals surface area contributed by atoms with Gasteiger partial charge in [-0.3, -0.25) is 4.68 Å². The minimum atomic E-state index is 0.683. The Morgan fingerprint density at radius 2 is 1.92 bits per heavy atom. The van der Waals surface area contributed by atoms with Crippen LogP contribution in [0.25, 0.3) is 11.0 Å². The largest absolute Gasteiger partial charge is 0.347 e. The summed E-state index contributed by atoms with van der Waals surface area (Å²) >= 11 is 0. The summed E-state index contributed by atoms with van der Waals surface area (Å²) in [7, 11) is 1.89. The van der Waals surface area contributed by atoms with Gasteiger partial charge >= 0.3 is 0 Å². The quantitative estimate of drug-likeness (QED) is 0.560. The molecule has 4 heterocycles. The molecule has 4 aromatic rings. The Morgan fingerprint density at radius 3 is 2.81 bits per heavy atom. The van der Waals surface area contributed by atoms with E-state index in [1.807, 2.05) is 19.3 Å². The summed E-state index contributed by atoms with van der Waals surface area (Å²) in [6, 6.07) is 10.4. The van der Waals surface area contributed by atoms with Crippen LogP contribution in [0.3, 0.4) is 0 Å². The number of fused-ring (bicyclic) bond motifs is 2. The van der Waals surface area contributed by atoms with Crippen LogP contribution in [0.5, 0.6) is 0 Å². The summed E-state index contributed by atoms with van der Waals surface area (Å²) in [5, 5.41) is 14.1. The fourth-order valence-corrected chi connectivity index (χ4v) is 3.51. The first-order chi connectivity index (χ1) is 12.8. The third-order valence-corrected chi connectivity index (χ3v) is 4.84. The van der Waals surface area contributed by atoms with Gasteiger partial charge in [-0.05, 0) is 5.56 Å². The fraction of sp³-hybridized carbons (Fsp3) is 0.278. The molecule has 0 N–H and O–H groups in total. The van der Waals surface area contributed by atoms with E-state index in [0.29, 0.717) is 6.54 Å². The zero-order chi connectivity index (χ0) is 17.5. The van der Waals surface area contributed by atoms with Crippen molar-refractivity contribution in [2.45, 2.75) is 19.5 Å². The maximum atomic E-state index is 4.50. The zero-order valence-corrected chi connectivity index (χ0v) is 14.4. The van der Waals surface area contributed by atoms with E-state index in [1.165, 1.54) is 5.56 Å². The molecule has 0 fully saturated rings. The van der Waals surface area contributed by atoms with Gasteiger partial charge in [-0.25, -0.2) is 9.97 Å². The maximum Gasteiger partial charge on any atom is 0.163 e. The number of hydrogen-bond donors (Lipinski definition) is 0. The minimum Gasteiger partial charge on any atom is -0.347 e. The number of hydrogen-bond acceptors (Lipinski definition) is 6. The molecular weight excluding hydrogens is 328 g/mol. The Kier molecular flexibility index (Phi) is 3.41. The highest BCUT2D eigenvalue weighted by molar-refractivity contribution is 5.86. The molecule has 1 aromatic carbocycles. The van der Waals surface area contributed by atoms with Gasteiger partial charge < -0.3 is 9.47 Å². The van der Waals surface area contributed by atoms with Crippen molar-refractivity contribution >= 4 is 16.9 Å². The molecule has 8 nitrogen and oxygen atoms in total. The lowest BCUT2D eigenvalue weighted by Gasteiger charge is -2.29. The van der Waals surface area contributed by atoms with E-state index in [9.17, 15) is 0 Å². The second-order valence-corrected chi connectivity index (χ2v) is 6.47. The molecule has 130 valence electrons. The molecular formula is C18H18N8. The Morgan fingerprint density at radius 1 is 1.04 bits per heavy atom. The molecule has 26 heavy (non-hydrogen) atoms. The second kappa shape index (κ2) is 5.91. The molecule has 5 rings (SSSR count). The van der Waals surface area contributed by atoms with Crippen LogP contribution in [0.15, 0.2) is 42.9 Å². The summed E-state index contributed by atoms with van der Waals surface area (Å²) in [4.78, 5) is 11.0. The normalized spacial score (nSPS) is 14.0. The van der Waals surface area contributed by atoms with E-state index in [0.717, 1.165) is 48.0 Å². The van der Waals surface area contributed by atoms with Crippen LogP contribution in [0, 0.1) is 0 Å². The van der Waals surface area contributed by atoms with Gasteiger partial charge in [0.25, 0.3) is 0 Å². The van der Waals surface area contributed by atoms with Crippen LogP contribution in [0.4, 0.5) is 5.82 Å². The van der Waals surface area contributed by atoms with Gasteiger partial charge in [0.2, 0.25) is 0 Å². The number of aromatic nitrogens is 7. The number of aryl methyl sites for hydroxylation is 1. The molecule has 3 aromatic heterocycles. The molecule has 0 aliphatic carbocycles. The predicted molar refractivity (Wildman–Crippen MR) is 96.6 cm³/mol. The van der Waals surface area contributed by atoms with E-state index in [2.05, 4.69) is 59.0 Å². The Hall–Kier alpha value is -3.29. The second-order valence-electron chi connectivity index (χ2n) is 6.47. The van der Waals surface area contributed by atoms with Gasteiger partial charge in [-0.2, -0.15) is 5.10 Å². The van der Waals surface area contributed by atoms with E-state index in [1.54, 1.807) is 11.0 Å². The van der Waals surface area contributed by atoms with Gasteiger partial charge in [0.05, 0.1) is 18.1 Å². The van der Waals surface area contributed by atoms with E-state index >= 15 is 0 Å². The van der Waals surface area contributed by atoms with Crippen molar-refractivity contribution in [1.82, 2.24) is 34.5 Å². The molecule has 0 amide bonds. The summed E-state index contributed by atoms with van der Waals surface area (Å²) < 4.78 is 4.00. The molecule has 0 atom stereocenters. The van der Waals surface area contributed by atoms with Gasteiger partial charge in [-0.15, -0.1) is 10.2 Å². The minimum absolute atomic E-state index is 0.683. The van der Waals surface area contributed by atoms with Gasteiger partial charge in [-0.1, -0.05) is 30.3 Å². The van der Waals surface area contributed by atoms with Crippen molar-refractivity contribution in [3.05, 3.63) is 60.1 Å². The lowest BCUT2D eigenvalue weighted by Crippen LogP contribution is -2.35. The van der Waals surface area contributed by atoms with Crippen LogP contribution >= 0.6 is 0 Å². The van der Waals surface area contributed by atoms with E-state index in [-0.39, 0.29) is 0 Å². The Balaban J connectivity index is 1.44. The third-order valence-electron chi connectivity index (χ3n) is 4.84. The number of anilines is 1. The van der Waals surface area contributed by atoms with Crippen molar-refractivity contribution in [3.63, 3.8) is 0 Å². The highest BCUT2D eigenvalue weighted by atomic mass is 15.4. The average Bonchev–Trinajstić information content (AvgIpc) is 3.26. The topological polar surface area (TPSA) is 77.5 Å². The number of nitrogens with zero attached hydrogens (tertiary/aromatic N) is 8. The molecule has 0 saturated carbocycles. The van der Waals surface area contributed by atoms with Crippen LogP contribution < -0.4 is 4.90 Å². The van der Waals surface area contributed by atoms with Crippen molar-refractivity contribution < 1.29 is 0 Å². The molecule has 0 radical (unpaired) electrons. The average molecular weight is 346 g/mol. The van der Waals surface area contributed by atoms with Crippen LogP contribution in [0.2, 0.25) is 0 Å². The molecule has 0 bridgehead atoms. The molecule has 0 saturated heterocycles. The van der Waals surface area contributed by atoms with Crippen molar-refractivity contribution in [1.29, 1.82) is 0 Å². The highest BCUT2D eigenvalue weighted by Crippen LogP contribution is 2.26. The molecule has 8 heteroatoms. The van der Waals surface area contributed by atoms with Crippen molar-refractivity contribution in [2.24, 2.45) is 7.05 Å². The first-order valence-corrected chi connectivity index (χ1v) is 8.62.